The largest absolute Gasteiger partial charge is 0.387 e. The Kier molecular flexibility index (Phi) is 7.75. The average molecular weight is 592 g/mol. The minimum Gasteiger partial charge on any atom is -0.387 e. The standard InChI is InChI=1S/C25H30N5O8PS/c1-14(2)7-10-20-28-23(27-18-9-8-15-5-3-4-6-16(15)18)17-11-26-30(24(17)29-20)25-22(32)21(31)19(38-25)12-40(36,37)13-39(33,34)35/h3-6,11,14,18-19,21-22,25,31-32H,8-9,12-13H2,1-2H3,(H,27,28,29)(H2,33,34,35)/t18-,19-,21-,22-,25-/m1/s1. The molecule has 0 spiro atoms. The highest BCUT2D eigenvalue weighted by Crippen LogP contribution is 2.39. The minimum absolute atomic E-state index is 0.0117. The van der Waals surface area contributed by atoms with Crippen molar-refractivity contribution >= 4 is 34.3 Å². The van der Waals surface area contributed by atoms with E-state index in [1.807, 2.05) is 26.0 Å². The van der Waals surface area contributed by atoms with E-state index in [0.29, 0.717) is 11.2 Å². The van der Waals surface area contributed by atoms with E-state index in [4.69, 9.17) is 14.5 Å². The van der Waals surface area contributed by atoms with Crippen LogP contribution in [0.1, 0.15) is 49.5 Å². The summed E-state index contributed by atoms with van der Waals surface area (Å²) in [5.41, 5.74) is 1.25. The number of aliphatic hydroxyl groups excluding tert-OH is 2. The van der Waals surface area contributed by atoms with Gasteiger partial charge >= 0.3 is 7.60 Å². The third kappa shape index (κ3) is 6.06. The van der Waals surface area contributed by atoms with Gasteiger partial charge in [-0.05, 0) is 29.9 Å². The van der Waals surface area contributed by atoms with Gasteiger partial charge < -0.3 is 30.1 Å². The summed E-state index contributed by atoms with van der Waals surface area (Å²) in [5, 5.41) is 29.6. The second kappa shape index (κ2) is 10.8. The second-order valence-corrected chi connectivity index (χ2v) is 14.5. The van der Waals surface area contributed by atoms with Crippen molar-refractivity contribution in [1.29, 1.82) is 0 Å². The number of anilines is 1. The Morgan fingerprint density at radius 1 is 1.20 bits per heavy atom. The normalized spacial score (nSPS) is 24.7. The van der Waals surface area contributed by atoms with Gasteiger partial charge in [-0.25, -0.2) is 23.1 Å². The molecule has 0 saturated carbocycles. The lowest BCUT2D eigenvalue weighted by molar-refractivity contribution is -0.0364. The number of aliphatic hydroxyl groups is 2. The van der Waals surface area contributed by atoms with Crippen LogP contribution < -0.4 is 5.32 Å². The highest BCUT2D eigenvalue weighted by molar-refractivity contribution is 7.97. The Hall–Kier alpha value is -2.89. The van der Waals surface area contributed by atoms with Crippen LogP contribution in [0.5, 0.6) is 0 Å². The van der Waals surface area contributed by atoms with Crippen LogP contribution >= 0.6 is 7.60 Å². The molecule has 1 aliphatic heterocycles. The van der Waals surface area contributed by atoms with Gasteiger partial charge in [-0.1, -0.05) is 44.0 Å². The number of hydrogen-bond acceptors (Lipinski definition) is 10. The molecule has 15 heteroatoms. The number of nitrogens with one attached hydrogen (secondary N) is 1. The monoisotopic (exact) mass is 591 g/mol. The summed E-state index contributed by atoms with van der Waals surface area (Å²) in [6, 6.07) is 8.12. The molecule has 5 rings (SSSR count). The molecule has 2 aliphatic rings. The molecule has 40 heavy (non-hydrogen) atoms. The maximum absolute atomic E-state index is 12.3. The van der Waals surface area contributed by atoms with Crippen LogP contribution in [0.25, 0.3) is 11.0 Å². The first-order valence-electron chi connectivity index (χ1n) is 12.7. The first-order chi connectivity index (χ1) is 18.8. The Morgan fingerprint density at radius 2 is 1.95 bits per heavy atom. The molecular weight excluding hydrogens is 561 g/mol. The number of hydrogen-bond donors (Lipinski definition) is 5. The van der Waals surface area contributed by atoms with Crippen LogP contribution in [-0.4, -0.2) is 77.7 Å². The van der Waals surface area contributed by atoms with Crippen molar-refractivity contribution in [2.75, 3.05) is 16.6 Å². The van der Waals surface area contributed by atoms with Crippen molar-refractivity contribution in [1.82, 2.24) is 19.7 Å². The molecule has 2 aromatic heterocycles. The predicted molar refractivity (Wildman–Crippen MR) is 145 cm³/mol. The molecule has 3 heterocycles. The van der Waals surface area contributed by atoms with E-state index in [2.05, 4.69) is 44.4 Å². The van der Waals surface area contributed by atoms with Gasteiger partial charge in [-0.2, -0.15) is 5.10 Å². The smallest absolute Gasteiger partial charge is 0.340 e. The van der Waals surface area contributed by atoms with Gasteiger partial charge in [-0.3, -0.25) is 4.57 Å². The first-order valence-corrected chi connectivity index (χ1v) is 16.3. The fraction of sp³-hybridized carbons (Fsp3) is 0.480. The summed E-state index contributed by atoms with van der Waals surface area (Å²) in [4.78, 5) is 27.3. The molecule has 1 aliphatic carbocycles. The molecule has 13 nitrogen and oxygen atoms in total. The summed E-state index contributed by atoms with van der Waals surface area (Å²) < 4.78 is 42.8. The van der Waals surface area contributed by atoms with E-state index in [0.717, 1.165) is 18.4 Å². The van der Waals surface area contributed by atoms with E-state index >= 15 is 0 Å². The van der Waals surface area contributed by atoms with Crippen LogP contribution in [-0.2, 0) is 25.6 Å². The first kappa shape index (κ1) is 28.6. The number of sulfone groups is 1. The Morgan fingerprint density at radius 3 is 2.67 bits per heavy atom. The van der Waals surface area contributed by atoms with E-state index < -0.39 is 53.2 Å². The molecule has 1 aromatic carbocycles. The SMILES string of the molecule is CC(C)C#Cc1nc(N[C@@H]2CCc3ccccc32)c2cnn([C@@H]3O[C@H](CS(=O)(=O)CP(=O)(O)O)[C@@H](O)[C@H]3O)c2n1. The molecule has 0 unspecified atom stereocenters. The number of nitrogens with zero attached hydrogens (tertiary/aromatic N) is 4. The number of aryl methyl sites for hydroxylation is 1. The van der Waals surface area contributed by atoms with Crippen molar-refractivity contribution in [3.63, 3.8) is 0 Å². The molecule has 1 fully saturated rings. The molecule has 3 aromatic rings. The van der Waals surface area contributed by atoms with Gasteiger partial charge in [0.05, 0.1) is 23.4 Å². The van der Waals surface area contributed by atoms with Gasteiger partial charge in [-0.15, -0.1) is 0 Å². The fourth-order valence-electron chi connectivity index (χ4n) is 4.99. The number of aromatic nitrogens is 4. The molecule has 5 N–H and O–H groups in total. The van der Waals surface area contributed by atoms with E-state index in [-0.39, 0.29) is 23.4 Å². The van der Waals surface area contributed by atoms with E-state index in [1.54, 1.807) is 0 Å². The van der Waals surface area contributed by atoms with Crippen LogP contribution in [0.15, 0.2) is 30.5 Å². The van der Waals surface area contributed by atoms with Crippen LogP contribution in [0, 0.1) is 17.8 Å². The van der Waals surface area contributed by atoms with Gasteiger partial charge in [0.15, 0.2) is 27.2 Å². The van der Waals surface area contributed by atoms with Crippen molar-refractivity contribution in [2.45, 2.75) is 57.3 Å². The molecular formula is C25H30N5O8PS. The van der Waals surface area contributed by atoms with Gasteiger partial charge in [0, 0.05) is 5.92 Å². The maximum atomic E-state index is 12.3. The molecule has 214 valence electrons. The Labute approximate surface area is 230 Å². The minimum atomic E-state index is -4.88. The third-order valence-electron chi connectivity index (χ3n) is 6.73. The number of benzene rings is 1. The summed E-state index contributed by atoms with van der Waals surface area (Å²) in [6.07, 6.45) is -2.80. The summed E-state index contributed by atoms with van der Waals surface area (Å²) in [5.74, 6) is 5.80. The Bertz CT molecular complexity index is 1640. The van der Waals surface area contributed by atoms with Crippen molar-refractivity contribution in [3.05, 3.63) is 47.4 Å². The maximum Gasteiger partial charge on any atom is 0.340 e. The molecule has 0 amide bonds. The average Bonchev–Trinajstić information content (AvgIpc) is 3.54. The van der Waals surface area contributed by atoms with Crippen LogP contribution in [0.3, 0.4) is 0 Å². The quantitative estimate of drug-likeness (QED) is 0.194. The van der Waals surface area contributed by atoms with Crippen molar-refractivity contribution in [2.24, 2.45) is 5.92 Å². The zero-order valence-electron chi connectivity index (χ0n) is 21.7. The molecule has 5 atom stereocenters. The van der Waals surface area contributed by atoms with Crippen molar-refractivity contribution in [3.8, 4) is 11.8 Å². The van der Waals surface area contributed by atoms with Crippen LogP contribution in [0.2, 0.25) is 0 Å². The van der Waals surface area contributed by atoms with Gasteiger partial charge in [0.1, 0.15) is 24.1 Å². The number of ether oxygens (including phenoxy) is 1. The number of fused-ring (bicyclic) bond motifs is 2. The highest BCUT2D eigenvalue weighted by atomic mass is 32.2. The molecule has 0 radical (unpaired) electrons. The van der Waals surface area contributed by atoms with E-state index in [1.165, 1.54) is 16.4 Å². The molecule has 1 saturated heterocycles. The topological polar surface area (TPSA) is 197 Å². The lowest BCUT2D eigenvalue weighted by Gasteiger charge is -2.17. The van der Waals surface area contributed by atoms with E-state index in [9.17, 15) is 23.2 Å². The lowest BCUT2D eigenvalue weighted by atomic mass is 10.1. The summed E-state index contributed by atoms with van der Waals surface area (Å²) in [7, 11) is -9.20. The summed E-state index contributed by atoms with van der Waals surface area (Å²) in [6.45, 7) is 3.85. The second-order valence-electron chi connectivity index (χ2n) is 10.3. The summed E-state index contributed by atoms with van der Waals surface area (Å²) >= 11 is 0. The van der Waals surface area contributed by atoms with Gasteiger partial charge in [0.25, 0.3) is 0 Å². The predicted octanol–water partition coefficient (Wildman–Crippen LogP) is 1.10. The zero-order chi connectivity index (χ0) is 28.8. The zero-order valence-corrected chi connectivity index (χ0v) is 23.5. The highest BCUT2D eigenvalue weighted by Gasteiger charge is 2.47. The number of rotatable bonds is 7. The van der Waals surface area contributed by atoms with Crippen molar-refractivity contribution < 1.29 is 37.7 Å². The van der Waals surface area contributed by atoms with Crippen LogP contribution in [0.4, 0.5) is 5.82 Å². The van der Waals surface area contributed by atoms with Gasteiger partial charge in [0.2, 0.25) is 5.82 Å². The molecule has 0 bridgehead atoms. The Balaban J connectivity index is 1.50. The third-order valence-corrected chi connectivity index (χ3v) is 10.5. The lowest BCUT2D eigenvalue weighted by Crippen LogP contribution is -2.36. The fourth-order valence-corrected chi connectivity index (χ4v) is 8.23.